The Labute approximate surface area is 114 Å². The molecular weight excluding hydrogens is 273 g/mol. The first-order valence-corrected chi connectivity index (χ1v) is 6.15. The van der Waals surface area contributed by atoms with Crippen molar-refractivity contribution in [2.75, 3.05) is 31.6 Å². The van der Waals surface area contributed by atoms with Gasteiger partial charge in [-0.25, -0.2) is 4.98 Å². The van der Waals surface area contributed by atoms with Crippen LogP contribution < -0.4 is 15.5 Å². The fourth-order valence-corrected chi connectivity index (χ4v) is 2.10. The number of likely N-dealkylation sites (N-methyl/N-ethyl adjacent to an activating group) is 1. The van der Waals surface area contributed by atoms with Gasteiger partial charge in [-0.05, 0) is 12.1 Å². The quantitative estimate of drug-likeness (QED) is 0.838. The summed E-state index contributed by atoms with van der Waals surface area (Å²) in [6, 6.07) is 1.80. The summed E-state index contributed by atoms with van der Waals surface area (Å²) in [5.74, 6) is 0.173. The Morgan fingerprint density at radius 1 is 1.50 bits per heavy atom. The van der Waals surface area contributed by atoms with Crippen molar-refractivity contribution in [3.05, 3.63) is 23.9 Å². The number of nitrogens with one attached hydrogen (secondary N) is 2. The van der Waals surface area contributed by atoms with E-state index in [0.717, 1.165) is 12.3 Å². The molecule has 0 radical (unpaired) electrons. The monoisotopic (exact) mass is 288 g/mol. The molecule has 110 valence electrons. The Morgan fingerprint density at radius 3 is 2.80 bits per heavy atom. The molecule has 1 fully saturated rings. The van der Waals surface area contributed by atoms with E-state index in [0.29, 0.717) is 25.5 Å². The highest BCUT2D eigenvalue weighted by atomic mass is 19.4. The van der Waals surface area contributed by atoms with Gasteiger partial charge < -0.3 is 15.5 Å². The van der Waals surface area contributed by atoms with E-state index in [1.54, 1.807) is 4.90 Å². The molecule has 0 bridgehead atoms. The number of amides is 1. The second-order valence-electron chi connectivity index (χ2n) is 4.43. The molecule has 1 aliphatic rings. The van der Waals surface area contributed by atoms with E-state index in [-0.39, 0.29) is 5.91 Å². The average molecular weight is 288 g/mol. The van der Waals surface area contributed by atoms with Crippen LogP contribution in [0.1, 0.15) is 5.56 Å². The van der Waals surface area contributed by atoms with Gasteiger partial charge in [0.25, 0.3) is 0 Å². The van der Waals surface area contributed by atoms with E-state index in [4.69, 9.17) is 0 Å². The summed E-state index contributed by atoms with van der Waals surface area (Å²) in [6.07, 6.45) is -3.62. The number of alkyl halides is 3. The minimum Gasteiger partial charge on any atom is -0.357 e. The lowest BCUT2D eigenvalue weighted by molar-refractivity contribution is -0.137. The predicted octanol–water partition coefficient (Wildman–Crippen LogP) is 0.625. The number of piperazine rings is 1. The number of halogens is 3. The van der Waals surface area contributed by atoms with Crippen LogP contribution in [0.3, 0.4) is 0 Å². The van der Waals surface area contributed by atoms with Gasteiger partial charge in [-0.2, -0.15) is 13.2 Å². The molecule has 0 aromatic carbocycles. The van der Waals surface area contributed by atoms with Gasteiger partial charge in [0.1, 0.15) is 11.9 Å². The highest BCUT2D eigenvalue weighted by Gasteiger charge is 2.32. The zero-order chi connectivity index (χ0) is 14.8. The number of nitrogens with zero attached hydrogens (tertiary/aromatic N) is 2. The smallest absolute Gasteiger partial charge is 0.357 e. The summed E-state index contributed by atoms with van der Waals surface area (Å²) in [5, 5.41) is 5.62. The first-order valence-electron chi connectivity index (χ1n) is 6.15. The first-order chi connectivity index (χ1) is 9.43. The highest BCUT2D eigenvalue weighted by Crippen LogP contribution is 2.29. The van der Waals surface area contributed by atoms with Crippen LogP contribution in [0.15, 0.2) is 18.3 Å². The first kappa shape index (κ1) is 14.6. The van der Waals surface area contributed by atoms with Crippen LogP contribution in [0.2, 0.25) is 0 Å². The lowest BCUT2D eigenvalue weighted by Gasteiger charge is -2.35. The van der Waals surface area contributed by atoms with Gasteiger partial charge >= 0.3 is 6.18 Å². The third kappa shape index (κ3) is 3.01. The Hall–Kier alpha value is -1.83. The molecule has 8 heteroatoms. The van der Waals surface area contributed by atoms with Gasteiger partial charge in [0, 0.05) is 32.9 Å². The lowest BCUT2D eigenvalue weighted by Crippen LogP contribution is -2.57. The van der Waals surface area contributed by atoms with Gasteiger partial charge in [0.2, 0.25) is 5.91 Å². The van der Waals surface area contributed by atoms with Crippen LogP contribution >= 0.6 is 0 Å². The molecule has 5 nitrogen and oxygen atoms in total. The topological polar surface area (TPSA) is 57.3 Å². The van der Waals surface area contributed by atoms with Gasteiger partial charge in [-0.3, -0.25) is 4.79 Å². The fraction of sp³-hybridized carbons (Fsp3) is 0.500. The molecule has 2 N–H and O–H groups in total. The van der Waals surface area contributed by atoms with E-state index in [1.807, 2.05) is 0 Å². The largest absolute Gasteiger partial charge is 0.417 e. The number of carbonyl (C=O) groups excluding carboxylic acids is 1. The predicted molar refractivity (Wildman–Crippen MR) is 67.3 cm³/mol. The summed E-state index contributed by atoms with van der Waals surface area (Å²) < 4.78 is 37.5. The van der Waals surface area contributed by atoms with Crippen LogP contribution in [-0.2, 0) is 11.0 Å². The fourth-order valence-electron chi connectivity index (χ4n) is 2.10. The highest BCUT2D eigenvalue weighted by molar-refractivity contribution is 5.85. The third-order valence-corrected chi connectivity index (χ3v) is 3.16. The molecule has 1 amide bonds. The Morgan fingerprint density at radius 2 is 2.25 bits per heavy atom. The maximum Gasteiger partial charge on any atom is 0.417 e. The summed E-state index contributed by atoms with van der Waals surface area (Å²) in [5.41, 5.74) is -0.798. The van der Waals surface area contributed by atoms with Crippen LogP contribution in [0, 0.1) is 0 Å². The normalized spacial score (nSPS) is 19.8. The van der Waals surface area contributed by atoms with Crippen molar-refractivity contribution in [1.82, 2.24) is 15.6 Å². The SMILES string of the molecule is CNC(=O)C1CNCCN1c1ccc(C(F)(F)F)cn1. The molecule has 0 spiro atoms. The Bertz CT molecular complexity index is 475. The number of anilines is 1. The number of rotatable bonds is 2. The molecule has 1 aliphatic heterocycles. The van der Waals surface area contributed by atoms with Crippen LogP contribution in [0.25, 0.3) is 0 Å². The standard InChI is InChI=1S/C12H15F3N4O/c1-16-11(20)9-7-17-4-5-19(9)10-3-2-8(6-18-10)12(13,14)15/h2-3,6,9,17H,4-5,7H2,1H3,(H,16,20). The van der Waals surface area contributed by atoms with Gasteiger partial charge in [-0.15, -0.1) is 0 Å². The number of carbonyl (C=O) groups is 1. The minimum atomic E-state index is -4.41. The number of aromatic nitrogens is 1. The van der Waals surface area contributed by atoms with Crippen molar-refractivity contribution >= 4 is 11.7 Å². The van der Waals surface area contributed by atoms with Crippen molar-refractivity contribution in [3.63, 3.8) is 0 Å². The summed E-state index contributed by atoms with van der Waals surface area (Å²) >= 11 is 0. The van der Waals surface area contributed by atoms with Crippen LogP contribution in [-0.4, -0.2) is 43.6 Å². The second-order valence-corrected chi connectivity index (χ2v) is 4.43. The number of hydrogen-bond acceptors (Lipinski definition) is 4. The minimum absolute atomic E-state index is 0.195. The van der Waals surface area contributed by atoms with Crippen molar-refractivity contribution in [2.45, 2.75) is 12.2 Å². The van der Waals surface area contributed by atoms with Crippen molar-refractivity contribution in [3.8, 4) is 0 Å². The third-order valence-electron chi connectivity index (χ3n) is 3.16. The van der Waals surface area contributed by atoms with Gasteiger partial charge in [0.15, 0.2) is 0 Å². The van der Waals surface area contributed by atoms with Crippen molar-refractivity contribution in [1.29, 1.82) is 0 Å². The van der Waals surface area contributed by atoms with Crippen LogP contribution in [0.5, 0.6) is 0 Å². The van der Waals surface area contributed by atoms with Crippen molar-refractivity contribution in [2.24, 2.45) is 0 Å². The zero-order valence-electron chi connectivity index (χ0n) is 10.9. The lowest BCUT2D eigenvalue weighted by atomic mass is 10.1. The number of hydrogen-bond donors (Lipinski definition) is 2. The molecule has 0 aliphatic carbocycles. The average Bonchev–Trinajstić information content (AvgIpc) is 2.45. The molecule has 2 heterocycles. The summed E-state index contributed by atoms with van der Waals surface area (Å²) in [7, 11) is 1.52. The molecule has 20 heavy (non-hydrogen) atoms. The van der Waals surface area contributed by atoms with E-state index >= 15 is 0 Å². The molecule has 1 saturated heterocycles. The van der Waals surface area contributed by atoms with E-state index in [1.165, 1.54) is 13.1 Å². The molecule has 0 saturated carbocycles. The Kier molecular flexibility index (Phi) is 4.12. The maximum atomic E-state index is 12.5. The van der Waals surface area contributed by atoms with Gasteiger partial charge in [0.05, 0.1) is 5.56 Å². The Balaban J connectivity index is 2.22. The van der Waals surface area contributed by atoms with E-state index < -0.39 is 17.8 Å². The molecule has 1 aromatic rings. The van der Waals surface area contributed by atoms with Gasteiger partial charge in [-0.1, -0.05) is 0 Å². The van der Waals surface area contributed by atoms with Crippen molar-refractivity contribution < 1.29 is 18.0 Å². The molecule has 2 rings (SSSR count). The summed E-state index contributed by atoms with van der Waals surface area (Å²) in [4.78, 5) is 17.3. The van der Waals surface area contributed by atoms with E-state index in [9.17, 15) is 18.0 Å². The maximum absolute atomic E-state index is 12.5. The van der Waals surface area contributed by atoms with E-state index in [2.05, 4.69) is 15.6 Å². The molecule has 1 atom stereocenters. The summed E-state index contributed by atoms with van der Waals surface area (Å²) in [6.45, 7) is 1.59. The second kappa shape index (κ2) is 5.66. The molecule has 1 aromatic heterocycles. The molecular formula is C12H15F3N4O. The molecule has 1 unspecified atom stereocenters. The number of pyridine rings is 1. The van der Waals surface area contributed by atoms with Crippen LogP contribution in [0.4, 0.5) is 19.0 Å². The zero-order valence-corrected chi connectivity index (χ0v) is 10.9.